The minimum atomic E-state index is -0.0740. The number of ether oxygens (including phenoxy) is 1. The van der Waals surface area contributed by atoms with E-state index in [2.05, 4.69) is 19.9 Å². The number of hydrogen-bond donors (Lipinski definition) is 0. The molecule has 0 N–H and O–H groups in total. The van der Waals surface area contributed by atoms with Crippen molar-refractivity contribution in [2.45, 2.75) is 58.8 Å². The van der Waals surface area contributed by atoms with E-state index in [0.29, 0.717) is 13.0 Å². The van der Waals surface area contributed by atoms with Gasteiger partial charge in [0.2, 0.25) is 0 Å². The van der Waals surface area contributed by atoms with Crippen LogP contribution in [-0.4, -0.2) is 12.6 Å². The lowest BCUT2D eigenvalue weighted by Gasteiger charge is -2.00. The van der Waals surface area contributed by atoms with Crippen molar-refractivity contribution in [3.8, 4) is 0 Å². The van der Waals surface area contributed by atoms with Crippen LogP contribution in [0.25, 0.3) is 0 Å². The Morgan fingerprint density at radius 2 is 1.80 bits per heavy atom. The number of unbranched alkanes of at least 4 members (excludes halogenated alkanes) is 4. The van der Waals surface area contributed by atoms with Gasteiger partial charge >= 0.3 is 5.97 Å². The van der Waals surface area contributed by atoms with Gasteiger partial charge in [-0.05, 0) is 19.3 Å². The van der Waals surface area contributed by atoms with E-state index in [1.807, 2.05) is 6.08 Å². The van der Waals surface area contributed by atoms with E-state index < -0.39 is 0 Å². The Balaban J connectivity index is 3.24. The maximum Gasteiger partial charge on any atom is 0.306 e. The molecule has 0 aliphatic carbocycles. The van der Waals surface area contributed by atoms with Gasteiger partial charge in [0, 0.05) is 6.42 Å². The molecule has 0 fully saturated rings. The highest BCUT2D eigenvalue weighted by atomic mass is 16.5. The molecule has 0 heterocycles. The van der Waals surface area contributed by atoms with Gasteiger partial charge in [0.15, 0.2) is 0 Å². The second-order valence-electron chi connectivity index (χ2n) is 3.75. The normalized spacial score (nSPS) is 10.8. The van der Waals surface area contributed by atoms with Gasteiger partial charge in [0.25, 0.3) is 0 Å². The largest absolute Gasteiger partial charge is 0.461 e. The predicted molar refractivity (Wildman–Crippen MR) is 63.8 cm³/mol. The third-order valence-corrected chi connectivity index (χ3v) is 2.22. The molecule has 0 spiro atoms. The van der Waals surface area contributed by atoms with Gasteiger partial charge in [0.05, 0.1) is 0 Å². The monoisotopic (exact) mass is 212 g/mol. The molecular formula is C13H24O2. The van der Waals surface area contributed by atoms with Crippen LogP contribution in [0.4, 0.5) is 0 Å². The summed E-state index contributed by atoms with van der Waals surface area (Å²) >= 11 is 0. The van der Waals surface area contributed by atoms with Crippen LogP contribution in [0, 0.1) is 0 Å². The van der Waals surface area contributed by atoms with Crippen molar-refractivity contribution in [1.29, 1.82) is 0 Å². The average molecular weight is 212 g/mol. The number of carbonyl (C=O) groups is 1. The van der Waals surface area contributed by atoms with Gasteiger partial charge < -0.3 is 4.74 Å². The van der Waals surface area contributed by atoms with Crippen LogP contribution in [0.1, 0.15) is 58.8 Å². The van der Waals surface area contributed by atoms with Crippen LogP contribution in [0.5, 0.6) is 0 Å². The molecule has 0 aliphatic heterocycles. The maximum atomic E-state index is 11.1. The molecule has 0 bridgehead atoms. The summed E-state index contributed by atoms with van der Waals surface area (Å²) in [6.45, 7) is 4.70. The molecule has 0 unspecified atom stereocenters. The molecule has 0 radical (unpaired) electrons. The predicted octanol–water partition coefficient (Wildman–Crippen LogP) is 3.86. The van der Waals surface area contributed by atoms with Crippen molar-refractivity contribution in [3.63, 3.8) is 0 Å². The molecule has 0 amide bonds. The van der Waals surface area contributed by atoms with Gasteiger partial charge in [0.1, 0.15) is 6.61 Å². The van der Waals surface area contributed by atoms with Gasteiger partial charge in [-0.15, -0.1) is 0 Å². The number of esters is 1. The second kappa shape index (κ2) is 11.3. The summed E-state index contributed by atoms with van der Waals surface area (Å²) in [7, 11) is 0. The molecule has 2 heteroatoms. The molecule has 0 aromatic heterocycles. The number of hydrogen-bond acceptors (Lipinski definition) is 2. The molecule has 0 saturated carbocycles. The fraction of sp³-hybridized carbons (Fsp3) is 0.769. The molecule has 15 heavy (non-hydrogen) atoms. The van der Waals surface area contributed by atoms with Crippen LogP contribution in [0.15, 0.2) is 12.2 Å². The van der Waals surface area contributed by atoms with E-state index in [0.717, 1.165) is 19.3 Å². The fourth-order valence-corrected chi connectivity index (χ4v) is 1.23. The molecule has 0 rings (SSSR count). The van der Waals surface area contributed by atoms with E-state index >= 15 is 0 Å². The first kappa shape index (κ1) is 14.2. The minimum absolute atomic E-state index is 0.0740. The van der Waals surface area contributed by atoms with Crippen LogP contribution >= 0.6 is 0 Å². The Morgan fingerprint density at radius 1 is 1.07 bits per heavy atom. The van der Waals surface area contributed by atoms with Crippen molar-refractivity contribution in [2.75, 3.05) is 6.61 Å². The molecule has 88 valence electrons. The molecule has 0 saturated heterocycles. The Morgan fingerprint density at radius 3 is 2.47 bits per heavy atom. The van der Waals surface area contributed by atoms with Crippen molar-refractivity contribution in [3.05, 3.63) is 12.2 Å². The van der Waals surface area contributed by atoms with Crippen LogP contribution < -0.4 is 0 Å². The third kappa shape index (κ3) is 11.1. The first-order valence-electron chi connectivity index (χ1n) is 6.11. The van der Waals surface area contributed by atoms with E-state index in [1.54, 1.807) is 0 Å². The third-order valence-electron chi connectivity index (χ3n) is 2.22. The number of carbonyl (C=O) groups excluding carboxylic acids is 1. The van der Waals surface area contributed by atoms with Crippen molar-refractivity contribution in [1.82, 2.24) is 0 Å². The Bertz CT molecular complexity index is 173. The van der Waals surface area contributed by atoms with E-state index in [4.69, 9.17) is 4.74 Å². The topological polar surface area (TPSA) is 26.3 Å². The van der Waals surface area contributed by atoms with E-state index in [-0.39, 0.29) is 5.97 Å². The zero-order valence-corrected chi connectivity index (χ0v) is 10.1. The molecule has 2 nitrogen and oxygen atoms in total. The van der Waals surface area contributed by atoms with Gasteiger partial charge in [-0.1, -0.05) is 45.3 Å². The van der Waals surface area contributed by atoms with Crippen molar-refractivity contribution < 1.29 is 9.53 Å². The smallest absolute Gasteiger partial charge is 0.306 e. The first-order valence-corrected chi connectivity index (χ1v) is 6.11. The molecule has 0 aromatic carbocycles. The summed E-state index contributed by atoms with van der Waals surface area (Å²) in [6, 6.07) is 0. The first-order chi connectivity index (χ1) is 7.31. The maximum absolute atomic E-state index is 11.1. The SMILES string of the molecule is CCCCC/C=C\COC(=O)CCCC. The molecule has 0 aromatic rings. The highest BCUT2D eigenvalue weighted by Crippen LogP contribution is 2.00. The average Bonchev–Trinajstić information content (AvgIpc) is 2.25. The van der Waals surface area contributed by atoms with Gasteiger partial charge in [-0.2, -0.15) is 0 Å². The summed E-state index contributed by atoms with van der Waals surface area (Å²) in [5.74, 6) is -0.0740. The lowest BCUT2D eigenvalue weighted by Crippen LogP contribution is -2.03. The van der Waals surface area contributed by atoms with E-state index in [1.165, 1.54) is 19.3 Å². The Labute approximate surface area is 93.7 Å². The highest BCUT2D eigenvalue weighted by Gasteiger charge is 1.98. The van der Waals surface area contributed by atoms with Gasteiger partial charge in [-0.25, -0.2) is 0 Å². The van der Waals surface area contributed by atoms with E-state index in [9.17, 15) is 4.79 Å². The van der Waals surface area contributed by atoms with Crippen molar-refractivity contribution in [2.24, 2.45) is 0 Å². The van der Waals surface area contributed by atoms with Crippen LogP contribution in [-0.2, 0) is 9.53 Å². The minimum Gasteiger partial charge on any atom is -0.461 e. The fourth-order valence-electron chi connectivity index (χ4n) is 1.23. The Kier molecular flexibility index (Phi) is 10.7. The number of rotatable bonds is 9. The molecular weight excluding hydrogens is 188 g/mol. The lowest BCUT2D eigenvalue weighted by atomic mass is 10.2. The second-order valence-corrected chi connectivity index (χ2v) is 3.75. The molecule has 0 aliphatic rings. The highest BCUT2D eigenvalue weighted by molar-refractivity contribution is 5.69. The Hall–Kier alpha value is -0.790. The van der Waals surface area contributed by atoms with Crippen molar-refractivity contribution >= 4 is 5.97 Å². The standard InChI is InChI=1S/C13H24O2/c1-3-5-7-8-9-10-12-15-13(14)11-6-4-2/h9-10H,3-8,11-12H2,1-2H3/b10-9-. The summed E-state index contributed by atoms with van der Waals surface area (Å²) in [5.41, 5.74) is 0. The molecule has 0 atom stereocenters. The van der Waals surface area contributed by atoms with Crippen LogP contribution in [0.3, 0.4) is 0 Å². The summed E-state index contributed by atoms with van der Waals surface area (Å²) in [4.78, 5) is 11.1. The number of allylic oxidation sites excluding steroid dienone is 1. The zero-order valence-electron chi connectivity index (χ0n) is 10.1. The van der Waals surface area contributed by atoms with Crippen LogP contribution in [0.2, 0.25) is 0 Å². The van der Waals surface area contributed by atoms with Gasteiger partial charge in [-0.3, -0.25) is 4.79 Å². The zero-order chi connectivity index (χ0) is 11.4. The lowest BCUT2D eigenvalue weighted by molar-refractivity contribution is -0.142. The summed E-state index contributed by atoms with van der Waals surface area (Å²) in [6.07, 6.45) is 11.4. The summed E-state index contributed by atoms with van der Waals surface area (Å²) in [5, 5.41) is 0. The summed E-state index contributed by atoms with van der Waals surface area (Å²) < 4.78 is 5.02. The quantitative estimate of drug-likeness (QED) is 0.329.